The molecule has 2 aromatic rings. The van der Waals surface area contributed by atoms with E-state index < -0.39 is 10.0 Å². The first-order valence-electron chi connectivity index (χ1n) is 10.1. The third-order valence-corrected chi connectivity index (χ3v) is 6.66. The number of ether oxygens (including phenoxy) is 2. The number of carbonyl (C=O) groups is 1. The fourth-order valence-electron chi connectivity index (χ4n) is 3.17. The van der Waals surface area contributed by atoms with Gasteiger partial charge in [-0.25, -0.2) is 13.1 Å². The summed E-state index contributed by atoms with van der Waals surface area (Å²) in [5.74, 6) is 1.18. The third-order valence-electron chi connectivity index (χ3n) is 5.06. The van der Waals surface area contributed by atoms with Gasteiger partial charge in [0.1, 0.15) is 13.2 Å². The molecular formula is C22H28N2O5S. The van der Waals surface area contributed by atoms with E-state index in [2.05, 4.69) is 4.72 Å². The van der Waals surface area contributed by atoms with Crippen molar-refractivity contribution in [2.45, 2.75) is 44.7 Å². The number of para-hydroxylation sites is 1. The third kappa shape index (κ3) is 4.94. The van der Waals surface area contributed by atoms with E-state index in [4.69, 9.17) is 9.47 Å². The van der Waals surface area contributed by atoms with E-state index in [-0.39, 0.29) is 16.8 Å². The molecule has 30 heavy (non-hydrogen) atoms. The Bertz CT molecular complexity index is 989. The van der Waals surface area contributed by atoms with Crippen LogP contribution in [0.15, 0.2) is 47.4 Å². The zero-order valence-electron chi connectivity index (χ0n) is 17.6. The number of sulfonamides is 1. The van der Waals surface area contributed by atoms with Crippen molar-refractivity contribution in [1.29, 1.82) is 0 Å². The Morgan fingerprint density at radius 2 is 1.80 bits per heavy atom. The quantitative estimate of drug-likeness (QED) is 0.692. The van der Waals surface area contributed by atoms with Crippen molar-refractivity contribution in [1.82, 2.24) is 9.62 Å². The fourth-order valence-corrected chi connectivity index (χ4v) is 4.49. The Morgan fingerprint density at radius 3 is 2.47 bits per heavy atom. The molecule has 0 saturated carbocycles. The molecule has 7 nitrogen and oxygen atoms in total. The number of carbonyl (C=O) groups excluding carboxylic acids is 1. The van der Waals surface area contributed by atoms with E-state index in [9.17, 15) is 13.2 Å². The van der Waals surface area contributed by atoms with Crippen molar-refractivity contribution in [3.63, 3.8) is 0 Å². The largest absolute Gasteiger partial charge is 0.486 e. The number of nitrogens with zero attached hydrogens (tertiary/aromatic N) is 1. The van der Waals surface area contributed by atoms with Crippen LogP contribution in [0.4, 0.5) is 0 Å². The van der Waals surface area contributed by atoms with E-state index in [0.717, 1.165) is 5.56 Å². The van der Waals surface area contributed by atoms with E-state index >= 15 is 0 Å². The second kappa shape index (κ2) is 9.49. The molecule has 1 atom stereocenters. The zero-order valence-corrected chi connectivity index (χ0v) is 18.4. The van der Waals surface area contributed by atoms with Crippen LogP contribution in [0.25, 0.3) is 0 Å². The topological polar surface area (TPSA) is 84.9 Å². The van der Waals surface area contributed by atoms with Crippen molar-refractivity contribution in [2.24, 2.45) is 0 Å². The summed E-state index contributed by atoms with van der Waals surface area (Å²) >= 11 is 0. The van der Waals surface area contributed by atoms with Crippen LogP contribution in [0.3, 0.4) is 0 Å². The zero-order chi connectivity index (χ0) is 21.7. The minimum absolute atomic E-state index is 0.144. The summed E-state index contributed by atoms with van der Waals surface area (Å²) in [7, 11) is -3.60. The Balaban J connectivity index is 1.77. The monoisotopic (exact) mass is 432 g/mol. The molecule has 0 aromatic heterocycles. The molecule has 1 aliphatic rings. The SMILES string of the molecule is CCC(C)NS(=O)(=O)c1ccc(C(=O)N(CC)Cc2cccc3c2OCCO3)cc1. The highest BCUT2D eigenvalue weighted by atomic mass is 32.2. The number of fused-ring (bicyclic) bond motifs is 1. The van der Waals surface area contributed by atoms with Crippen LogP contribution in [-0.2, 0) is 16.6 Å². The molecule has 1 amide bonds. The van der Waals surface area contributed by atoms with Gasteiger partial charge < -0.3 is 14.4 Å². The normalized spacial score (nSPS) is 14.2. The number of nitrogens with one attached hydrogen (secondary N) is 1. The van der Waals surface area contributed by atoms with E-state index in [1.807, 2.05) is 39.0 Å². The van der Waals surface area contributed by atoms with Gasteiger partial charge in [0.05, 0.1) is 4.90 Å². The standard InChI is InChI=1S/C22H28N2O5S/c1-4-16(3)23-30(26,27)19-11-9-17(10-12-19)22(25)24(5-2)15-18-7-6-8-20-21(18)29-14-13-28-20/h6-12,16,23H,4-5,13-15H2,1-3H3. The second-order valence-corrected chi connectivity index (χ2v) is 8.93. The van der Waals surface area contributed by atoms with Gasteiger partial charge in [-0.1, -0.05) is 19.1 Å². The Labute approximate surface area is 178 Å². The summed E-state index contributed by atoms with van der Waals surface area (Å²) in [5.41, 5.74) is 1.31. The summed E-state index contributed by atoms with van der Waals surface area (Å²) in [4.78, 5) is 14.9. The summed E-state index contributed by atoms with van der Waals surface area (Å²) in [6.07, 6.45) is 0.694. The van der Waals surface area contributed by atoms with Crippen molar-refractivity contribution in [3.05, 3.63) is 53.6 Å². The molecule has 162 valence electrons. The molecular weight excluding hydrogens is 404 g/mol. The van der Waals surface area contributed by atoms with E-state index in [1.54, 1.807) is 17.0 Å². The Kier molecular flexibility index (Phi) is 6.99. The van der Waals surface area contributed by atoms with Gasteiger partial charge >= 0.3 is 0 Å². The first kappa shape index (κ1) is 22.1. The predicted octanol–water partition coefficient (Wildman–Crippen LogP) is 3.20. The van der Waals surface area contributed by atoms with Crippen molar-refractivity contribution in [3.8, 4) is 11.5 Å². The minimum atomic E-state index is -3.60. The highest BCUT2D eigenvalue weighted by Gasteiger charge is 2.22. The lowest BCUT2D eigenvalue weighted by molar-refractivity contribution is 0.0749. The Morgan fingerprint density at radius 1 is 1.10 bits per heavy atom. The summed E-state index contributed by atoms with van der Waals surface area (Å²) in [6.45, 7) is 7.48. The van der Waals surface area contributed by atoms with Gasteiger partial charge in [0.15, 0.2) is 11.5 Å². The smallest absolute Gasteiger partial charge is 0.254 e. The fraction of sp³-hybridized carbons (Fsp3) is 0.409. The lowest BCUT2D eigenvalue weighted by atomic mass is 10.1. The maximum absolute atomic E-state index is 13.0. The Hall–Kier alpha value is -2.58. The molecule has 1 unspecified atom stereocenters. The van der Waals surface area contributed by atoms with Crippen LogP contribution in [0.2, 0.25) is 0 Å². The van der Waals surface area contributed by atoms with Gasteiger partial charge in [-0.05, 0) is 50.6 Å². The first-order chi connectivity index (χ1) is 14.4. The second-order valence-electron chi connectivity index (χ2n) is 7.22. The van der Waals surface area contributed by atoms with Crippen LogP contribution < -0.4 is 14.2 Å². The molecule has 0 bridgehead atoms. The molecule has 0 fully saturated rings. The number of amides is 1. The molecule has 1 aliphatic heterocycles. The van der Waals surface area contributed by atoms with Gasteiger partial charge in [-0.3, -0.25) is 4.79 Å². The lowest BCUT2D eigenvalue weighted by Gasteiger charge is -2.25. The van der Waals surface area contributed by atoms with E-state index in [0.29, 0.717) is 49.8 Å². The lowest BCUT2D eigenvalue weighted by Crippen LogP contribution is -2.32. The van der Waals surface area contributed by atoms with Gasteiger partial charge in [0, 0.05) is 30.3 Å². The number of rotatable bonds is 8. The highest BCUT2D eigenvalue weighted by Crippen LogP contribution is 2.34. The van der Waals surface area contributed by atoms with Gasteiger partial charge in [-0.15, -0.1) is 0 Å². The van der Waals surface area contributed by atoms with Crippen molar-refractivity contribution < 1.29 is 22.7 Å². The van der Waals surface area contributed by atoms with Crippen LogP contribution in [0, 0.1) is 0 Å². The van der Waals surface area contributed by atoms with Crippen LogP contribution in [0.1, 0.15) is 43.1 Å². The van der Waals surface area contributed by atoms with Crippen LogP contribution in [-0.4, -0.2) is 45.0 Å². The van der Waals surface area contributed by atoms with Crippen molar-refractivity contribution in [2.75, 3.05) is 19.8 Å². The molecule has 2 aromatic carbocycles. The molecule has 0 aliphatic carbocycles. The predicted molar refractivity (Wildman–Crippen MR) is 114 cm³/mol. The number of hydrogen-bond donors (Lipinski definition) is 1. The number of benzene rings is 2. The summed E-state index contributed by atoms with van der Waals surface area (Å²) < 4.78 is 38.8. The number of hydrogen-bond acceptors (Lipinski definition) is 5. The minimum Gasteiger partial charge on any atom is -0.486 e. The highest BCUT2D eigenvalue weighted by molar-refractivity contribution is 7.89. The molecule has 0 radical (unpaired) electrons. The molecule has 1 heterocycles. The van der Waals surface area contributed by atoms with Gasteiger partial charge in [-0.2, -0.15) is 0 Å². The molecule has 3 rings (SSSR count). The van der Waals surface area contributed by atoms with E-state index in [1.165, 1.54) is 12.1 Å². The first-order valence-corrected chi connectivity index (χ1v) is 11.6. The van der Waals surface area contributed by atoms with Gasteiger partial charge in [0.25, 0.3) is 5.91 Å². The molecule has 0 saturated heterocycles. The van der Waals surface area contributed by atoms with Gasteiger partial charge in [0.2, 0.25) is 10.0 Å². The molecule has 1 N–H and O–H groups in total. The van der Waals surface area contributed by atoms with Crippen molar-refractivity contribution >= 4 is 15.9 Å². The average Bonchev–Trinajstić information content (AvgIpc) is 2.76. The van der Waals surface area contributed by atoms with Crippen LogP contribution >= 0.6 is 0 Å². The average molecular weight is 433 g/mol. The van der Waals surface area contributed by atoms with Crippen LogP contribution in [0.5, 0.6) is 11.5 Å². The molecule has 8 heteroatoms. The summed E-state index contributed by atoms with van der Waals surface area (Å²) in [6, 6.07) is 11.5. The molecule has 0 spiro atoms. The maximum atomic E-state index is 13.0. The maximum Gasteiger partial charge on any atom is 0.254 e. The summed E-state index contributed by atoms with van der Waals surface area (Å²) in [5, 5.41) is 0.